The fourth-order valence-electron chi connectivity index (χ4n) is 1.91. The Bertz CT molecular complexity index is 548. The maximum absolute atomic E-state index is 13.6. The van der Waals surface area contributed by atoms with Crippen molar-refractivity contribution in [2.75, 3.05) is 12.0 Å². The van der Waals surface area contributed by atoms with E-state index in [2.05, 4.69) is 10.4 Å². The van der Waals surface area contributed by atoms with Crippen LogP contribution < -0.4 is 5.43 Å². The van der Waals surface area contributed by atoms with Crippen molar-refractivity contribution in [2.24, 2.45) is 0 Å². The molecule has 0 spiro atoms. The zero-order valence-electron chi connectivity index (χ0n) is 8.37. The van der Waals surface area contributed by atoms with Crippen LogP contribution in [0, 0.1) is 11.6 Å². The number of benzene rings is 1. The van der Waals surface area contributed by atoms with E-state index in [0.29, 0.717) is 11.3 Å². The van der Waals surface area contributed by atoms with Crippen molar-refractivity contribution in [2.45, 2.75) is 6.42 Å². The molecule has 0 unspecified atom stereocenters. The zero-order valence-corrected chi connectivity index (χ0v) is 8.37. The quantitative estimate of drug-likeness (QED) is 0.797. The van der Waals surface area contributed by atoms with Gasteiger partial charge in [-0.15, -0.1) is 0 Å². The molecule has 0 aliphatic carbocycles. The number of hydrogen-bond acceptors (Lipinski definition) is 2. The van der Waals surface area contributed by atoms with Gasteiger partial charge in [0.25, 0.3) is 0 Å². The number of nitrogens with zero attached hydrogens (tertiary/aromatic N) is 2. The summed E-state index contributed by atoms with van der Waals surface area (Å²) in [5, 5.41) is 0. The van der Waals surface area contributed by atoms with Crippen molar-refractivity contribution < 1.29 is 8.78 Å². The Balaban J connectivity index is 2.15. The van der Waals surface area contributed by atoms with Crippen LogP contribution >= 0.6 is 0 Å². The third-order valence-corrected chi connectivity index (χ3v) is 2.66. The Labute approximate surface area is 90.7 Å². The molecule has 3 rings (SSSR count). The average molecular weight is 221 g/mol. The summed E-state index contributed by atoms with van der Waals surface area (Å²) in [7, 11) is 0. The van der Waals surface area contributed by atoms with Gasteiger partial charge < -0.3 is 5.43 Å². The zero-order chi connectivity index (χ0) is 11.1. The monoisotopic (exact) mass is 221 g/mol. The van der Waals surface area contributed by atoms with Crippen LogP contribution in [0.1, 0.15) is 5.82 Å². The van der Waals surface area contributed by atoms with Crippen molar-refractivity contribution in [1.29, 1.82) is 0 Å². The Morgan fingerprint density at radius 2 is 2.19 bits per heavy atom. The molecule has 16 heavy (non-hydrogen) atoms. The van der Waals surface area contributed by atoms with E-state index in [1.807, 2.05) is 0 Å². The molecule has 2 aromatic rings. The molecule has 0 radical (unpaired) electrons. The van der Waals surface area contributed by atoms with E-state index in [1.165, 1.54) is 12.1 Å². The van der Waals surface area contributed by atoms with E-state index in [0.717, 1.165) is 24.9 Å². The summed E-state index contributed by atoms with van der Waals surface area (Å²) < 4.78 is 28.1. The molecule has 0 saturated heterocycles. The molecular formula is C11H9F2N3. The molecule has 3 nitrogen and oxygen atoms in total. The molecule has 1 aromatic carbocycles. The van der Waals surface area contributed by atoms with Gasteiger partial charge in [0.05, 0.1) is 11.9 Å². The first-order chi connectivity index (χ1) is 7.75. The van der Waals surface area contributed by atoms with E-state index < -0.39 is 11.6 Å². The average Bonchev–Trinajstić information content (AvgIpc) is 2.80. The van der Waals surface area contributed by atoms with E-state index in [4.69, 9.17) is 0 Å². The summed E-state index contributed by atoms with van der Waals surface area (Å²) in [5.74, 6) is -0.273. The minimum atomic E-state index is -0.574. The summed E-state index contributed by atoms with van der Waals surface area (Å²) in [6.07, 6.45) is 2.42. The molecule has 1 aliphatic rings. The molecule has 0 saturated carbocycles. The van der Waals surface area contributed by atoms with Gasteiger partial charge in [-0.3, -0.25) is 0 Å². The summed E-state index contributed by atoms with van der Waals surface area (Å²) in [6, 6.07) is 3.55. The molecule has 0 fully saturated rings. The second kappa shape index (κ2) is 3.30. The van der Waals surface area contributed by atoms with Crippen molar-refractivity contribution in [3.8, 4) is 11.3 Å². The topological polar surface area (TPSA) is 29.9 Å². The molecule has 1 aromatic heterocycles. The van der Waals surface area contributed by atoms with Gasteiger partial charge in [-0.25, -0.2) is 18.4 Å². The summed E-state index contributed by atoms with van der Waals surface area (Å²) >= 11 is 0. The van der Waals surface area contributed by atoms with Crippen molar-refractivity contribution in [3.63, 3.8) is 0 Å². The summed E-state index contributed by atoms with van der Waals surface area (Å²) in [6.45, 7) is 0.791. The Morgan fingerprint density at radius 3 is 3.00 bits per heavy atom. The minimum absolute atomic E-state index is 0.356. The van der Waals surface area contributed by atoms with Crippen LogP contribution in [-0.2, 0) is 6.42 Å². The van der Waals surface area contributed by atoms with Gasteiger partial charge in [0.1, 0.15) is 17.5 Å². The lowest BCUT2D eigenvalue weighted by Gasteiger charge is -2.07. The third kappa shape index (κ3) is 1.28. The minimum Gasteiger partial charge on any atom is -0.324 e. The third-order valence-electron chi connectivity index (χ3n) is 2.66. The second-order valence-electron chi connectivity index (χ2n) is 3.68. The number of imidazole rings is 1. The highest BCUT2D eigenvalue weighted by molar-refractivity contribution is 5.61. The number of aromatic nitrogens is 2. The highest BCUT2D eigenvalue weighted by Crippen LogP contribution is 2.25. The van der Waals surface area contributed by atoms with Crippen LogP contribution in [0.25, 0.3) is 11.3 Å². The molecule has 2 heterocycles. The normalized spacial score (nSPS) is 13.6. The highest BCUT2D eigenvalue weighted by Gasteiger charge is 2.18. The Kier molecular flexibility index (Phi) is 1.92. The summed E-state index contributed by atoms with van der Waals surface area (Å²) in [5.41, 5.74) is 4.07. The SMILES string of the molecule is Fc1ccc(-c2cnc3n2NCC3)c(F)c1. The van der Waals surface area contributed by atoms with Crippen LogP contribution in [0.4, 0.5) is 8.78 Å². The van der Waals surface area contributed by atoms with E-state index in [-0.39, 0.29) is 0 Å². The molecule has 82 valence electrons. The van der Waals surface area contributed by atoms with E-state index >= 15 is 0 Å². The lowest BCUT2D eigenvalue weighted by molar-refractivity contribution is 0.585. The first-order valence-electron chi connectivity index (χ1n) is 5.01. The lowest BCUT2D eigenvalue weighted by Crippen LogP contribution is -2.09. The van der Waals surface area contributed by atoms with Crippen LogP contribution in [0.2, 0.25) is 0 Å². The maximum atomic E-state index is 13.6. The van der Waals surface area contributed by atoms with E-state index in [9.17, 15) is 8.78 Å². The standard InChI is InChI=1S/C11H9F2N3/c12-7-1-2-8(9(13)5-7)10-6-14-11-3-4-15-16(10)11/h1-2,5-6,15H,3-4H2. The van der Waals surface area contributed by atoms with Crippen LogP contribution in [0.15, 0.2) is 24.4 Å². The first-order valence-corrected chi connectivity index (χ1v) is 5.01. The van der Waals surface area contributed by atoms with Gasteiger partial charge in [-0.05, 0) is 12.1 Å². The smallest absolute Gasteiger partial charge is 0.135 e. The molecule has 0 atom stereocenters. The van der Waals surface area contributed by atoms with Gasteiger partial charge >= 0.3 is 0 Å². The molecular weight excluding hydrogens is 212 g/mol. The number of nitrogens with one attached hydrogen (secondary N) is 1. The maximum Gasteiger partial charge on any atom is 0.135 e. The van der Waals surface area contributed by atoms with Crippen LogP contribution in [-0.4, -0.2) is 16.2 Å². The number of fused-ring (bicyclic) bond motifs is 1. The van der Waals surface area contributed by atoms with Crippen molar-refractivity contribution >= 4 is 0 Å². The summed E-state index contributed by atoms with van der Waals surface area (Å²) in [4.78, 5) is 4.18. The second-order valence-corrected chi connectivity index (χ2v) is 3.68. The van der Waals surface area contributed by atoms with Gasteiger partial charge in [0.15, 0.2) is 0 Å². The highest BCUT2D eigenvalue weighted by atomic mass is 19.1. The predicted molar refractivity (Wildman–Crippen MR) is 55.5 cm³/mol. The molecule has 1 N–H and O–H groups in total. The van der Waals surface area contributed by atoms with Gasteiger partial charge in [0, 0.05) is 24.6 Å². The molecule has 0 bridgehead atoms. The largest absolute Gasteiger partial charge is 0.324 e. The van der Waals surface area contributed by atoms with Gasteiger partial charge in [-0.2, -0.15) is 0 Å². The van der Waals surface area contributed by atoms with Crippen LogP contribution in [0.3, 0.4) is 0 Å². The fourth-order valence-corrected chi connectivity index (χ4v) is 1.91. The first kappa shape index (κ1) is 9.33. The molecule has 5 heteroatoms. The van der Waals surface area contributed by atoms with Crippen LogP contribution in [0.5, 0.6) is 0 Å². The van der Waals surface area contributed by atoms with Gasteiger partial charge in [-0.1, -0.05) is 0 Å². The Morgan fingerprint density at radius 1 is 1.31 bits per heavy atom. The molecule has 0 amide bonds. The predicted octanol–water partition coefficient (Wildman–Crippen LogP) is 1.93. The fraction of sp³-hybridized carbons (Fsp3) is 0.182. The lowest BCUT2D eigenvalue weighted by atomic mass is 10.1. The van der Waals surface area contributed by atoms with Crippen molar-refractivity contribution in [1.82, 2.24) is 9.66 Å². The van der Waals surface area contributed by atoms with Crippen molar-refractivity contribution in [3.05, 3.63) is 41.9 Å². The Hall–Kier alpha value is -1.91. The number of rotatable bonds is 1. The van der Waals surface area contributed by atoms with Gasteiger partial charge in [0.2, 0.25) is 0 Å². The number of halogens is 2. The number of hydrogen-bond donors (Lipinski definition) is 1. The van der Waals surface area contributed by atoms with E-state index in [1.54, 1.807) is 10.9 Å². The molecule has 1 aliphatic heterocycles.